The minimum Gasteiger partial charge on any atom is -0.493 e. The standard InChI is InChI=1S/C24H26N6O5S/c1-33-19-6-5-15-10-20(19)34-9-8-30-11-16(27-28-30)14-35-21-13-29(12-18(21)26-22(15)31)24(32)17-4-3-7-25-23(17)36-2/h3-7,10-11,18,21H,8-9,12-14H2,1-2H3,(H,26,31)/t18-,21-/m0/s1. The SMILES string of the molecule is COc1ccc2cc1OCCn1cc(nn1)CO[C@H]1CN(C(=O)c3cccnc3SC)C[C@@H]1NC2=O. The summed E-state index contributed by atoms with van der Waals surface area (Å²) >= 11 is 1.41. The first-order valence-corrected chi connectivity index (χ1v) is 12.7. The van der Waals surface area contributed by atoms with Gasteiger partial charge in [-0.05, 0) is 36.6 Å². The summed E-state index contributed by atoms with van der Waals surface area (Å²) in [5.41, 5.74) is 1.59. The van der Waals surface area contributed by atoms with Gasteiger partial charge in [0.15, 0.2) is 11.5 Å². The van der Waals surface area contributed by atoms with Crippen molar-refractivity contribution in [3.05, 3.63) is 59.5 Å². The van der Waals surface area contributed by atoms with Crippen molar-refractivity contribution in [1.29, 1.82) is 0 Å². The van der Waals surface area contributed by atoms with E-state index in [4.69, 9.17) is 14.2 Å². The van der Waals surface area contributed by atoms with Crippen molar-refractivity contribution in [2.45, 2.75) is 30.3 Å². The zero-order valence-electron chi connectivity index (χ0n) is 19.9. The van der Waals surface area contributed by atoms with Crippen LogP contribution in [-0.2, 0) is 17.9 Å². The van der Waals surface area contributed by atoms with Gasteiger partial charge in [0.25, 0.3) is 11.8 Å². The van der Waals surface area contributed by atoms with Crippen LogP contribution >= 0.6 is 11.8 Å². The van der Waals surface area contributed by atoms with Gasteiger partial charge < -0.3 is 24.4 Å². The van der Waals surface area contributed by atoms with Gasteiger partial charge in [-0.1, -0.05) is 5.21 Å². The van der Waals surface area contributed by atoms with Crippen LogP contribution in [-0.4, -0.2) is 81.9 Å². The zero-order chi connectivity index (χ0) is 25.1. The lowest BCUT2D eigenvalue weighted by atomic mass is 10.1. The topological polar surface area (TPSA) is 121 Å². The van der Waals surface area contributed by atoms with Gasteiger partial charge in [-0.15, -0.1) is 16.9 Å². The molecule has 0 radical (unpaired) electrons. The van der Waals surface area contributed by atoms with Crippen molar-refractivity contribution in [1.82, 2.24) is 30.2 Å². The molecule has 0 aliphatic carbocycles. The fourth-order valence-corrected chi connectivity index (χ4v) is 4.81. The summed E-state index contributed by atoms with van der Waals surface area (Å²) in [6, 6.07) is 8.10. The van der Waals surface area contributed by atoms with E-state index in [2.05, 4.69) is 20.6 Å². The Morgan fingerprint density at radius 3 is 3.00 bits per heavy atom. The molecule has 1 aromatic carbocycles. The average molecular weight is 511 g/mol. The highest BCUT2D eigenvalue weighted by molar-refractivity contribution is 7.98. The van der Waals surface area contributed by atoms with Crippen molar-refractivity contribution in [2.24, 2.45) is 0 Å². The molecule has 0 unspecified atom stereocenters. The molecule has 0 spiro atoms. The van der Waals surface area contributed by atoms with Crippen molar-refractivity contribution in [3.8, 4) is 11.5 Å². The lowest BCUT2D eigenvalue weighted by Gasteiger charge is -2.20. The van der Waals surface area contributed by atoms with Crippen molar-refractivity contribution < 1.29 is 23.8 Å². The molecule has 2 atom stereocenters. The van der Waals surface area contributed by atoms with Crippen LogP contribution in [0.15, 0.2) is 47.8 Å². The first kappa shape index (κ1) is 24.1. The van der Waals surface area contributed by atoms with E-state index in [0.29, 0.717) is 59.6 Å². The largest absolute Gasteiger partial charge is 0.493 e. The molecule has 3 aromatic rings. The number of ether oxygens (including phenoxy) is 3. The molecular formula is C24H26N6O5S. The van der Waals surface area contributed by atoms with Gasteiger partial charge in [0.1, 0.15) is 17.3 Å². The van der Waals surface area contributed by atoms with Crippen molar-refractivity contribution in [2.75, 3.05) is 33.1 Å². The van der Waals surface area contributed by atoms with E-state index >= 15 is 0 Å². The van der Waals surface area contributed by atoms with Crippen LogP contribution in [0.5, 0.6) is 11.5 Å². The number of carbonyl (C=O) groups is 2. The molecule has 188 valence electrons. The molecule has 1 N–H and O–H groups in total. The second kappa shape index (κ2) is 10.5. The molecule has 2 aromatic heterocycles. The Balaban J connectivity index is 1.43. The van der Waals surface area contributed by atoms with Gasteiger partial charge in [-0.2, -0.15) is 0 Å². The third-order valence-electron chi connectivity index (χ3n) is 6.10. The summed E-state index contributed by atoms with van der Waals surface area (Å²) in [7, 11) is 1.55. The van der Waals surface area contributed by atoms with E-state index in [-0.39, 0.29) is 18.4 Å². The Kier molecular flexibility index (Phi) is 7.05. The van der Waals surface area contributed by atoms with Crippen LogP contribution in [0.4, 0.5) is 0 Å². The summed E-state index contributed by atoms with van der Waals surface area (Å²) in [5.74, 6) is 0.534. The highest BCUT2D eigenvalue weighted by Gasteiger charge is 2.38. The maximum atomic E-state index is 13.4. The van der Waals surface area contributed by atoms with E-state index < -0.39 is 12.1 Å². The lowest BCUT2D eigenvalue weighted by Crippen LogP contribution is -2.44. The monoisotopic (exact) mass is 510 g/mol. The van der Waals surface area contributed by atoms with E-state index in [1.807, 2.05) is 6.26 Å². The number of hydrogen-bond acceptors (Lipinski definition) is 9. The Morgan fingerprint density at radius 2 is 2.17 bits per heavy atom. The molecular weight excluding hydrogens is 484 g/mol. The summed E-state index contributed by atoms with van der Waals surface area (Å²) in [4.78, 5) is 32.6. The van der Waals surface area contributed by atoms with Gasteiger partial charge in [0.2, 0.25) is 0 Å². The van der Waals surface area contributed by atoms with E-state index in [1.54, 1.807) is 59.4 Å². The van der Waals surface area contributed by atoms with Crippen molar-refractivity contribution in [3.63, 3.8) is 0 Å². The van der Waals surface area contributed by atoms with Crippen LogP contribution in [0.1, 0.15) is 26.4 Å². The third kappa shape index (κ3) is 5.00. The average Bonchev–Trinajstić information content (AvgIpc) is 3.53. The lowest BCUT2D eigenvalue weighted by molar-refractivity contribution is 0.0291. The Labute approximate surface area is 212 Å². The summed E-state index contributed by atoms with van der Waals surface area (Å²) in [5, 5.41) is 12.0. The van der Waals surface area contributed by atoms with Gasteiger partial charge in [-0.25, -0.2) is 9.67 Å². The number of likely N-dealkylation sites (tertiary alicyclic amines) is 1. The van der Waals surface area contributed by atoms with Gasteiger partial charge in [0, 0.05) is 24.8 Å². The van der Waals surface area contributed by atoms with Gasteiger partial charge in [0.05, 0.1) is 44.2 Å². The molecule has 0 saturated carbocycles. The number of nitrogens with one attached hydrogen (secondary N) is 1. The number of methoxy groups -OCH3 is 1. The highest BCUT2D eigenvalue weighted by atomic mass is 32.2. The third-order valence-corrected chi connectivity index (χ3v) is 6.81. The number of thioether (sulfide) groups is 1. The second-order valence-electron chi connectivity index (χ2n) is 8.39. The number of fused-ring (bicyclic) bond motifs is 5. The number of hydrogen-bond donors (Lipinski definition) is 1. The fraction of sp³-hybridized carbons (Fsp3) is 0.375. The van der Waals surface area contributed by atoms with E-state index in [0.717, 1.165) is 0 Å². The number of nitrogens with zero attached hydrogens (tertiary/aromatic N) is 5. The number of amides is 2. The molecule has 2 aliphatic rings. The number of carbonyl (C=O) groups excluding carboxylic acids is 2. The summed E-state index contributed by atoms with van der Waals surface area (Å²) in [6.07, 6.45) is 4.91. The second-order valence-corrected chi connectivity index (χ2v) is 9.18. The predicted molar refractivity (Wildman–Crippen MR) is 130 cm³/mol. The molecule has 4 bridgehead atoms. The molecule has 11 nitrogen and oxygen atoms in total. The molecule has 5 rings (SSSR count). The number of rotatable bonds is 3. The Morgan fingerprint density at radius 1 is 1.28 bits per heavy atom. The summed E-state index contributed by atoms with van der Waals surface area (Å²) in [6.45, 7) is 1.59. The number of pyridine rings is 1. The molecule has 12 heteroatoms. The van der Waals surface area contributed by atoms with Crippen LogP contribution in [0.2, 0.25) is 0 Å². The highest BCUT2D eigenvalue weighted by Crippen LogP contribution is 2.29. The first-order valence-electron chi connectivity index (χ1n) is 11.5. The molecule has 1 fully saturated rings. The quantitative estimate of drug-likeness (QED) is 0.524. The smallest absolute Gasteiger partial charge is 0.256 e. The van der Waals surface area contributed by atoms with Gasteiger partial charge in [-0.3, -0.25) is 9.59 Å². The molecule has 36 heavy (non-hydrogen) atoms. The van der Waals surface area contributed by atoms with Crippen molar-refractivity contribution >= 4 is 23.6 Å². The van der Waals surface area contributed by atoms with Crippen LogP contribution < -0.4 is 14.8 Å². The van der Waals surface area contributed by atoms with E-state index in [9.17, 15) is 9.59 Å². The fourth-order valence-electron chi connectivity index (χ4n) is 4.27. The predicted octanol–water partition coefficient (Wildman–Crippen LogP) is 1.64. The Bertz CT molecular complexity index is 1270. The molecule has 1 saturated heterocycles. The maximum absolute atomic E-state index is 13.4. The number of aromatic nitrogens is 4. The molecule has 2 amide bonds. The number of benzene rings is 1. The van der Waals surface area contributed by atoms with E-state index in [1.165, 1.54) is 11.8 Å². The van der Waals surface area contributed by atoms with Gasteiger partial charge >= 0.3 is 0 Å². The molecule has 2 aliphatic heterocycles. The minimum absolute atomic E-state index is 0.154. The minimum atomic E-state index is -0.434. The van der Waals surface area contributed by atoms with Crippen LogP contribution in [0.3, 0.4) is 0 Å². The van der Waals surface area contributed by atoms with Crippen LogP contribution in [0, 0.1) is 0 Å². The maximum Gasteiger partial charge on any atom is 0.256 e. The van der Waals surface area contributed by atoms with Crippen LogP contribution in [0.25, 0.3) is 0 Å². The first-order chi connectivity index (χ1) is 17.6. The summed E-state index contributed by atoms with van der Waals surface area (Å²) < 4.78 is 19.1. The normalized spacial score (nSPS) is 19.9. The zero-order valence-corrected chi connectivity index (χ0v) is 20.7. The molecule has 4 heterocycles. The Hall–Kier alpha value is -3.64.